The molecule has 0 aliphatic carbocycles. The zero-order chi connectivity index (χ0) is 36.1. The van der Waals surface area contributed by atoms with Gasteiger partial charge in [0, 0.05) is 19.0 Å². The van der Waals surface area contributed by atoms with E-state index in [0.29, 0.717) is 30.8 Å². The maximum absolute atomic E-state index is 13.8. The third-order valence-corrected chi connectivity index (χ3v) is 7.80. The van der Waals surface area contributed by atoms with Crippen LogP contribution < -0.4 is 14.8 Å². The number of nitrogens with one attached hydrogen (secondary N) is 1. The van der Waals surface area contributed by atoms with E-state index in [1.807, 2.05) is 6.07 Å². The normalized spacial score (nSPS) is 14.9. The monoisotopic (exact) mass is 682 g/mol. The SMILES string of the molecule is C=CC(=O)OCC(C)(C)C(=O)C(=O)N1CCCC[C@H]1C(=O)O[C@H](CCc1ccc(OC)c(OC)c1)c1cncc(NC(=O)CCC(=O)O)n1. The Bertz CT molecular complexity index is 1560. The molecule has 0 unspecified atom stereocenters. The number of anilines is 1. The van der Waals surface area contributed by atoms with Crippen LogP contribution in [0.4, 0.5) is 5.82 Å². The molecular formula is C34H42N4O11. The molecule has 2 N–H and O–H groups in total. The fourth-order valence-electron chi connectivity index (χ4n) is 5.06. The lowest BCUT2D eigenvalue weighted by molar-refractivity contribution is -0.165. The number of aliphatic carboxylic acids is 1. The number of benzene rings is 1. The largest absolute Gasteiger partial charge is 0.493 e. The average molecular weight is 683 g/mol. The minimum Gasteiger partial charge on any atom is -0.493 e. The number of amides is 2. The van der Waals surface area contributed by atoms with Gasteiger partial charge in [-0.1, -0.05) is 12.6 Å². The summed E-state index contributed by atoms with van der Waals surface area (Å²) in [5.74, 6) is -3.87. The summed E-state index contributed by atoms with van der Waals surface area (Å²) in [5.41, 5.74) is -0.349. The standard InChI is InChI=1S/C34H42N4O11/c1-6-30(42)48-20-34(2,3)31(43)32(44)38-16-8-7-9-23(38)33(45)49-24(12-10-21-11-13-25(46-4)26(17-21)47-5)22-18-35-19-27(36-22)37-28(39)14-15-29(40)41/h6,11,13,17-19,23-24H,1,7-10,12,14-16,20H2,2-5H3,(H,40,41)(H,36,37,39)/t23-,24+/m0/s1. The van der Waals surface area contributed by atoms with Crippen LogP contribution in [-0.4, -0.2) is 88.9 Å². The van der Waals surface area contributed by atoms with Crippen molar-refractivity contribution in [2.24, 2.45) is 5.41 Å². The zero-order valence-corrected chi connectivity index (χ0v) is 28.1. The molecule has 0 radical (unpaired) electrons. The van der Waals surface area contributed by atoms with E-state index in [1.54, 1.807) is 12.1 Å². The number of carboxylic acids is 1. The molecule has 2 heterocycles. The Morgan fingerprint density at radius 3 is 2.49 bits per heavy atom. The maximum Gasteiger partial charge on any atom is 0.330 e. The highest BCUT2D eigenvalue weighted by Crippen LogP contribution is 2.31. The van der Waals surface area contributed by atoms with Gasteiger partial charge in [0.25, 0.3) is 5.91 Å². The van der Waals surface area contributed by atoms with Crippen LogP contribution in [0.1, 0.15) is 69.7 Å². The molecule has 1 aromatic heterocycles. The molecule has 1 aliphatic rings. The molecular weight excluding hydrogens is 640 g/mol. The van der Waals surface area contributed by atoms with Crippen molar-refractivity contribution in [1.29, 1.82) is 0 Å². The van der Waals surface area contributed by atoms with Gasteiger partial charge < -0.3 is 34.3 Å². The van der Waals surface area contributed by atoms with Crippen LogP contribution >= 0.6 is 0 Å². The van der Waals surface area contributed by atoms with E-state index in [-0.39, 0.29) is 50.3 Å². The van der Waals surface area contributed by atoms with Crippen LogP contribution in [0, 0.1) is 5.41 Å². The number of hydrogen-bond donors (Lipinski definition) is 2. The van der Waals surface area contributed by atoms with Crippen LogP contribution in [-0.2, 0) is 44.7 Å². The summed E-state index contributed by atoms with van der Waals surface area (Å²) in [6.45, 7) is 6.04. The van der Waals surface area contributed by atoms with Gasteiger partial charge in [-0.25, -0.2) is 14.6 Å². The van der Waals surface area contributed by atoms with Crippen LogP contribution in [0.15, 0.2) is 43.2 Å². The number of ketones is 1. The number of esters is 2. The number of piperidine rings is 1. The van der Waals surface area contributed by atoms with Gasteiger partial charge in [0.1, 0.15) is 24.4 Å². The lowest BCUT2D eigenvalue weighted by Gasteiger charge is -2.36. The van der Waals surface area contributed by atoms with Crippen molar-refractivity contribution in [3.63, 3.8) is 0 Å². The zero-order valence-electron chi connectivity index (χ0n) is 28.1. The summed E-state index contributed by atoms with van der Waals surface area (Å²) < 4.78 is 21.7. The molecule has 1 saturated heterocycles. The molecule has 0 bridgehead atoms. The van der Waals surface area contributed by atoms with E-state index >= 15 is 0 Å². The fraction of sp³-hybridized carbons (Fsp3) is 0.471. The van der Waals surface area contributed by atoms with E-state index in [1.165, 1.54) is 45.4 Å². The Hall–Kier alpha value is -5.34. The first-order valence-corrected chi connectivity index (χ1v) is 15.7. The highest BCUT2D eigenvalue weighted by molar-refractivity contribution is 6.38. The molecule has 1 aliphatic heterocycles. The van der Waals surface area contributed by atoms with Gasteiger partial charge in [-0.15, -0.1) is 0 Å². The molecule has 15 heteroatoms. The lowest BCUT2D eigenvalue weighted by Crippen LogP contribution is -2.53. The van der Waals surface area contributed by atoms with Crippen molar-refractivity contribution in [2.45, 2.75) is 70.9 Å². The number of ether oxygens (including phenoxy) is 4. The Morgan fingerprint density at radius 1 is 1.08 bits per heavy atom. The van der Waals surface area contributed by atoms with E-state index in [0.717, 1.165) is 11.6 Å². The predicted molar refractivity (Wildman–Crippen MR) is 174 cm³/mol. The molecule has 264 valence electrons. The van der Waals surface area contributed by atoms with Gasteiger partial charge in [0.15, 0.2) is 17.3 Å². The van der Waals surface area contributed by atoms with Gasteiger partial charge in [-0.05, 0) is 63.6 Å². The summed E-state index contributed by atoms with van der Waals surface area (Å²) in [5, 5.41) is 11.4. The number of aryl methyl sites for hydroxylation is 1. The lowest BCUT2D eigenvalue weighted by atomic mass is 9.87. The molecule has 0 spiro atoms. The first kappa shape index (κ1) is 38.1. The molecule has 49 heavy (non-hydrogen) atoms. The Morgan fingerprint density at radius 2 is 1.82 bits per heavy atom. The average Bonchev–Trinajstić information content (AvgIpc) is 3.10. The number of hydrogen-bond acceptors (Lipinski definition) is 12. The molecule has 15 nitrogen and oxygen atoms in total. The van der Waals surface area contributed by atoms with Gasteiger partial charge in [0.2, 0.25) is 11.7 Å². The second-order valence-corrected chi connectivity index (χ2v) is 12.0. The summed E-state index contributed by atoms with van der Waals surface area (Å²) in [6.07, 6.45) is 3.93. The van der Waals surface area contributed by atoms with Crippen molar-refractivity contribution < 1.29 is 52.8 Å². The fourth-order valence-corrected chi connectivity index (χ4v) is 5.06. The molecule has 2 aromatic rings. The smallest absolute Gasteiger partial charge is 0.330 e. The number of carbonyl (C=O) groups is 6. The van der Waals surface area contributed by atoms with Crippen LogP contribution in [0.3, 0.4) is 0 Å². The summed E-state index contributed by atoms with van der Waals surface area (Å²) in [4.78, 5) is 85.1. The number of rotatable bonds is 17. The summed E-state index contributed by atoms with van der Waals surface area (Å²) in [6, 6.07) is 4.27. The Labute approximate surface area is 284 Å². The van der Waals surface area contributed by atoms with Crippen molar-refractivity contribution in [3.8, 4) is 11.5 Å². The van der Waals surface area contributed by atoms with E-state index in [9.17, 15) is 28.8 Å². The second kappa shape index (κ2) is 17.7. The summed E-state index contributed by atoms with van der Waals surface area (Å²) >= 11 is 0. The third-order valence-electron chi connectivity index (χ3n) is 7.80. The second-order valence-electron chi connectivity index (χ2n) is 12.0. The number of carboxylic acid groups (broad SMARTS) is 1. The number of aromatic nitrogens is 2. The minimum absolute atomic E-state index is 0.0273. The molecule has 2 amide bonds. The number of Topliss-reactive ketones (excluding diaryl/α,β-unsaturated/α-hetero) is 1. The molecule has 3 rings (SSSR count). The van der Waals surface area contributed by atoms with Gasteiger partial charge >= 0.3 is 17.9 Å². The molecule has 2 atom stereocenters. The maximum atomic E-state index is 13.8. The van der Waals surface area contributed by atoms with E-state index in [4.69, 9.17) is 24.1 Å². The van der Waals surface area contributed by atoms with Crippen molar-refractivity contribution >= 4 is 41.3 Å². The van der Waals surface area contributed by atoms with E-state index in [2.05, 4.69) is 21.9 Å². The number of carbonyl (C=O) groups excluding carboxylic acids is 5. The van der Waals surface area contributed by atoms with Crippen LogP contribution in [0.5, 0.6) is 11.5 Å². The highest BCUT2D eigenvalue weighted by Gasteiger charge is 2.42. The van der Waals surface area contributed by atoms with Crippen LogP contribution in [0.25, 0.3) is 0 Å². The van der Waals surface area contributed by atoms with Crippen molar-refractivity contribution in [2.75, 3.05) is 32.7 Å². The van der Waals surface area contributed by atoms with Gasteiger partial charge in [0.05, 0.1) is 38.4 Å². The predicted octanol–water partition coefficient (Wildman–Crippen LogP) is 3.22. The molecule has 0 saturated carbocycles. The topological polar surface area (TPSA) is 201 Å². The highest BCUT2D eigenvalue weighted by atomic mass is 16.5. The van der Waals surface area contributed by atoms with Gasteiger partial charge in [-0.2, -0.15) is 0 Å². The number of likely N-dealkylation sites (tertiary alicyclic amines) is 1. The van der Waals surface area contributed by atoms with Crippen molar-refractivity contribution in [3.05, 3.63) is 54.5 Å². The van der Waals surface area contributed by atoms with Crippen molar-refractivity contribution in [1.82, 2.24) is 14.9 Å². The Kier molecular flexibility index (Phi) is 13.8. The Balaban J connectivity index is 1.86. The van der Waals surface area contributed by atoms with E-state index < -0.39 is 53.1 Å². The minimum atomic E-state index is -1.37. The van der Waals surface area contributed by atoms with Crippen LogP contribution in [0.2, 0.25) is 0 Å². The summed E-state index contributed by atoms with van der Waals surface area (Å²) in [7, 11) is 3.03. The number of nitrogens with zero attached hydrogens (tertiary/aromatic N) is 3. The quantitative estimate of drug-likeness (QED) is 0.140. The first-order chi connectivity index (χ1) is 23.3. The molecule has 1 fully saturated rings. The molecule has 1 aromatic carbocycles. The van der Waals surface area contributed by atoms with Gasteiger partial charge in [-0.3, -0.25) is 24.2 Å². The third kappa shape index (κ3) is 10.8. The first-order valence-electron chi connectivity index (χ1n) is 15.7. The number of methoxy groups -OCH3 is 2.